The molecule has 0 N–H and O–H groups in total. The van der Waals surface area contributed by atoms with Crippen LogP contribution in [0.15, 0.2) is 36.4 Å². The van der Waals surface area contributed by atoms with Gasteiger partial charge in [-0.15, -0.1) is 0 Å². The van der Waals surface area contributed by atoms with Gasteiger partial charge in [-0.1, -0.05) is 29.8 Å². The molecule has 8 heteroatoms. The van der Waals surface area contributed by atoms with Crippen LogP contribution < -0.4 is 4.90 Å². The summed E-state index contributed by atoms with van der Waals surface area (Å²) in [5.74, 6) is -2.26. The highest BCUT2D eigenvalue weighted by molar-refractivity contribution is 6.34. The van der Waals surface area contributed by atoms with E-state index in [4.69, 9.17) is 11.6 Å². The van der Waals surface area contributed by atoms with Crippen molar-refractivity contribution in [3.05, 3.63) is 64.2 Å². The molecule has 2 aliphatic rings. The third-order valence-corrected chi connectivity index (χ3v) is 7.08. The van der Waals surface area contributed by atoms with Crippen LogP contribution in [-0.4, -0.2) is 35.7 Å². The van der Waals surface area contributed by atoms with Gasteiger partial charge in [0.15, 0.2) is 5.82 Å². The van der Waals surface area contributed by atoms with Crippen molar-refractivity contribution < 1.29 is 23.2 Å². The molecule has 1 saturated heterocycles. The van der Waals surface area contributed by atoms with E-state index in [-0.39, 0.29) is 35.1 Å². The highest BCUT2D eigenvalue weighted by Gasteiger charge is 2.50. The molecule has 2 aromatic carbocycles. The van der Waals surface area contributed by atoms with Crippen LogP contribution in [0.25, 0.3) is 0 Å². The molecule has 1 aliphatic carbocycles. The van der Waals surface area contributed by atoms with Crippen LogP contribution in [-0.2, 0) is 9.59 Å². The summed E-state index contributed by atoms with van der Waals surface area (Å²) in [7, 11) is 0. The van der Waals surface area contributed by atoms with E-state index < -0.39 is 17.0 Å². The largest absolute Gasteiger partial charge is 0.308 e. The average Bonchev–Trinajstić information content (AvgIpc) is 3.05. The van der Waals surface area contributed by atoms with Crippen molar-refractivity contribution in [2.75, 3.05) is 11.4 Å². The van der Waals surface area contributed by atoms with Gasteiger partial charge in [-0.2, -0.15) is 0 Å². The maximum atomic E-state index is 14.4. The Morgan fingerprint density at radius 1 is 1.19 bits per heavy atom. The number of amides is 3. The van der Waals surface area contributed by atoms with Gasteiger partial charge in [0, 0.05) is 24.2 Å². The number of nitrogens with zero attached hydrogens (tertiary/aromatic N) is 2. The summed E-state index contributed by atoms with van der Waals surface area (Å²) in [6.45, 7) is 2.10. The van der Waals surface area contributed by atoms with Gasteiger partial charge in [-0.3, -0.25) is 19.3 Å². The number of anilines is 1. The van der Waals surface area contributed by atoms with Crippen LogP contribution in [0.1, 0.15) is 48.0 Å². The number of hydrogen-bond donors (Lipinski definition) is 0. The fourth-order valence-electron chi connectivity index (χ4n) is 4.98. The zero-order chi connectivity index (χ0) is 23.0. The van der Waals surface area contributed by atoms with E-state index in [1.165, 1.54) is 9.80 Å². The molecule has 0 aromatic heterocycles. The predicted molar refractivity (Wildman–Crippen MR) is 116 cm³/mol. The van der Waals surface area contributed by atoms with Crippen molar-refractivity contribution >= 4 is 35.5 Å². The van der Waals surface area contributed by atoms with Crippen molar-refractivity contribution in [1.82, 2.24) is 4.90 Å². The first-order valence-electron chi connectivity index (χ1n) is 10.6. The first-order valence-corrected chi connectivity index (χ1v) is 11.0. The second kappa shape index (κ2) is 8.62. The molecule has 0 bridgehead atoms. The molecular formula is C24H23ClF2N2O3. The molecule has 2 aromatic rings. The van der Waals surface area contributed by atoms with E-state index >= 15 is 0 Å². The van der Waals surface area contributed by atoms with E-state index in [1.54, 1.807) is 12.1 Å². The van der Waals surface area contributed by atoms with Crippen molar-refractivity contribution in [3.8, 4) is 0 Å². The van der Waals surface area contributed by atoms with Crippen LogP contribution >= 0.6 is 11.6 Å². The number of halogens is 3. The van der Waals surface area contributed by atoms with E-state index in [1.807, 2.05) is 19.1 Å². The number of benzene rings is 2. The Labute approximate surface area is 189 Å². The minimum atomic E-state index is -0.870. The highest BCUT2D eigenvalue weighted by Crippen LogP contribution is 2.48. The number of carbonyl (C=O) groups is 3. The number of aryl methyl sites for hydroxylation is 1. The standard InChI is InChI=1S/C24H23ClF2N2O3/c1-15-4-2-3-5-18(15)22(31)29(14-30)17-6-8-24(9-7-17)10-11-28(23(24)32)21-19(25)12-16(26)13-20(21)27/h2-5,12-14,17H,6-11H2,1H3. The quantitative estimate of drug-likeness (QED) is 0.610. The topological polar surface area (TPSA) is 57.7 Å². The summed E-state index contributed by atoms with van der Waals surface area (Å²) < 4.78 is 27.8. The molecule has 2 fully saturated rings. The van der Waals surface area contributed by atoms with Crippen molar-refractivity contribution in [3.63, 3.8) is 0 Å². The fraction of sp³-hybridized carbons (Fsp3) is 0.375. The summed E-state index contributed by atoms with van der Waals surface area (Å²) >= 11 is 6.04. The number of hydrogen-bond acceptors (Lipinski definition) is 3. The molecule has 0 radical (unpaired) electrons. The minimum Gasteiger partial charge on any atom is -0.308 e. The van der Waals surface area contributed by atoms with Crippen LogP contribution in [0.5, 0.6) is 0 Å². The van der Waals surface area contributed by atoms with Crippen molar-refractivity contribution in [2.24, 2.45) is 5.41 Å². The van der Waals surface area contributed by atoms with Crippen LogP contribution in [0.4, 0.5) is 14.5 Å². The van der Waals surface area contributed by atoms with Crippen LogP contribution in [0.2, 0.25) is 5.02 Å². The Balaban J connectivity index is 1.50. The van der Waals surface area contributed by atoms with Gasteiger partial charge in [0.25, 0.3) is 5.91 Å². The van der Waals surface area contributed by atoms with Crippen molar-refractivity contribution in [1.29, 1.82) is 0 Å². The van der Waals surface area contributed by atoms with E-state index in [9.17, 15) is 23.2 Å². The lowest BCUT2D eigenvalue weighted by atomic mass is 9.71. The SMILES string of the molecule is Cc1ccccc1C(=O)N(C=O)C1CCC2(CC1)CCN(c1c(F)cc(F)cc1Cl)C2=O. The van der Waals surface area contributed by atoms with Gasteiger partial charge in [-0.05, 0) is 56.7 Å². The Kier molecular flexibility index (Phi) is 6.03. The lowest BCUT2D eigenvalue weighted by molar-refractivity contribution is -0.128. The first-order chi connectivity index (χ1) is 15.3. The summed E-state index contributed by atoms with van der Waals surface area (Å²) in [5, 5.41) is -0.141. The molecule has 4 rings (SSSR count). The summed E-state index contributed by atoms with van der Waals surface area (Å²) in [6, 6.07) is 8.50. The molecule has 5 nitrogen and oxygen atoms in total. The van der Waals surface area contributed by atoms with Gasteiger partial charge in [0.2, 0.25) is 12.3 Å². The monoisotopic (exact) mass is 460 g/mol. The smallest absolute Gasteiger partial charge is 0.260 e. The van der Waals surface area contributed by atoms with Crippen molar-refractivity contribution in [2.45, 2.75) is 45.1 Å². The fourth-order valence-corrected chi connectivity index (χ4v) is 5.27. The zero-order valence-corrected chi connectivity index (χ0v) is 18.4. The average molecular weight is 461 g/mol. The molecule has 1 heterocycles. The third-order valence-electron chi connectivity index (χ3n) is 6.79. The number of imide groups is 1. The third kappa shape index (κ3) is 3.79. The van der Waals surface area contributed by atoms with Gasteiger partial charge in [0.1, 0.15) is 5.82 Å². The zero-order valence-electron chi connectivity index (χ0n) is 17.6. The number of rotatable bonds is 4. The van der Waals surface area contributed by atoms with Crippen LogP contribution in [0.3, 0.4) is 0 Å². The molecule has 0 atom stereocenters. The maximum absolute atomic E-state index is 14.4. The maximum Gasteiger partial charge on any atom is 0.260 e. The predicted octanol–water partition coefficient (Wildman–Crippen LogP) is 4.89. The molecule has 1 aliphatic heterocycles. The van der Waals surface area contributed by atoms with Gasteiger partial charge in [0.05, 0.1) is 16.1 Å². The molecular weight excluding hydrogens is 438 g/mol. The van der Waals surface area contributed by atoms with E-state index in [0.29, 0.717) is 44.1 Å². The normalized spacial score (nSPS) is 22.9. The Bertz CT molecular complexity index is 1060. The Morgan fingerprint density at radius 3 is 2.50 bits per heavy atom. The molecule has 1 spiro atoms. The lowest BCUT2D eigenvalue weighted by Gasteiger charge is -2.38. The second-order valence-corrected chi connectivity index (χ2v) is 8.98. The highest BCUT2D eigenvalue weighted by atomic mass is 35.5. The number of carbonyl (C=O) groups excluding carboxylic acids is 3. The molecule has 3 amide bonds. The molecule has 168 valence electrons. The second-order valence-electron chi connectivity index (χ2n) is 8.57. The Morgan fingerprint density at radius 2 is 1.88 bits per heavy atom. The lowest BCUT2D eigenvalue weighted by Crippen LogP contribution is -2.46. The van der Waals surface area contributed by atoms with E-state index in [2.05, 4.69) is 0 Å². The van der Waals surface area contributed by atoms with Gasteiger partial charge in [-0.25, -0.2) is 8.78 Å². The summed E-state index contributed by atoms with van der Waals surface area (Å²) in [4.78, 5) is 40.5. The van der Waals surface area contributed by atoms with Gasteiger partial charge < -0.3 is 4.90 Å². The van der Waals surface area contributed by atoms with Crippen LogP contribution in [0, 0.1) is 24.0 Å². The minimum absolute atomic E-state index is 0.0960. The van der Waals surface area contributed by atoms with E-state index in [0.717, 1.165) is 17.7 Å². The molecule has 32 heavy (non-hydrogen) atoms. The molecule has 0 unspecified atom stereocenters. The summed E-state index contributed by atoms with van der Waals surface area (Å²) in [5.41, 5.74) is 0.475. The Hall–Kier alpha value is -2.80. The van der Waals surface area contributed by atoms with Gasteiger partial charge >= 0.3 is 0 Å². The summed E-state index contributed by atoms with van der Waals surface area (Å²) in [6.07, 6.45) is 2.98. The molecule has 1 saturated carbocycles. The first kappa shape index (κ1) is 22.4.